The van der Waals surface area contributed by atoms with Crippen LogP contribution in [0.25, 0.3) is 0 Å². The number of carbonyl (C=O) groups is 1. The molecule has 94 valence electrons. The number of nitrogens with zero attached hydrogens (tertiary/aromatic N) is 1. The number of aliphatic hydroxyl groups excluding tert-OH is 1. The lowest BCUT2D eigenvalue weighted by molar-refractivity contribution is -0.132. The van der Waals surface area contributed by atoms with E-state index >= 15 is 0 Å². The molecule has 1 saturated heterocycles. The molecule has 4 nitrogen and oxygen atoms in total. The fraction of sp³-hybridized carbons (Fsp3) is 0.917. The highest BCUT2D eigenvalue weighted by atomic mass is 16.3. The average Bonchev–Trinajstić information content (AvgIpc) is 2.65. The third-order valence-corrected chi connectivity index (χ3v) is 3.25. The lowest BCUT2D eigenvalue weighted by Crippen LogP contribution is -2.37. The monoisotopic (exact) mass is 228 g/mol. The number of rotatable bonds is 6. The van der Waals surface area contributed by atoms with Crippen LogP contribution >= 0.6 is 0 Å². The molecule has 1 rings (SSSR count). The maximum Gasteiger partial charge on any atom is 0.222 e. The van der Waals surface area contributed by atoms with Crippen molar-refractivity contribution in [3.63, 3.8) is 0 Å². The molecule has 0 aromatic rings. The highest BCUT2D eigenvalue weighted by molar-refractivity contribution is 5.76. The van der Waals surface area contributed by atoms with Crippen molar-refractivity contribution in [3.8, 4) is 0 Å². The van der Waals surface area contributed by atoms with Gasteiger partial charge in [0.2, 0.25) is 5.91 Å². The first-order valence-electron chi connectivity index (χ1n) is 6.29. The van der Waals surface area contributed by atoms with Gasteiger partial charge in [-0.25, -0.2) is 0 Å². The predicted molar refractivity (Wildman–Crippen MR) is 63.9 cm³/mol. The second-order valence-electron chi connectivity index (χ2n) is 4.82. The summed E-state index contributed by atoms with van der Waals surface area (Å²) in [4.78, 5) is 13.8. The maximum absolute atomic E-state index is 11.9. The van der Waals surface area contributed by atoms with Crippen molar-refractivity contribution in [3.05, 3.63) is 0 Å². The molecule has 1 aliphatic rings. The largest absolute Gasteiger partial charge is 0.394 e. The van der Waals surface area contributed by atoms with E-state index in [1.165, 1.54) is 0 Å². The third kappa shape index (κ3) is 3.76. The Bertz CT molecular complexity index is 221. The first kappa shape index (κ1) is 13.5. The summed E-state index contributed by atoms with van der Waals surface area (Å²) in [5.74, 6) is 0.713. The predicted octanol–water partition coefficient (Wildman–Crippen LogP) is 0.735. The summed E-state index contributed by atoms with van der Waals surface area (Å²) in [6.45, 7) is 3.73. The summed E-state index contributed by atoms with van der Waals surface area (Å²) in [6.07, 6.45) is 4.47. The van der Waals surface area contributed by atoms with Gasteiger partial charge in [-0.15, -0.1) is 0 Å². The fourth-order valence-electron chi connectivity index (χ4n) is 2.37. The van der Waals surface area contributed by atoms with E-state index in [-0.39, 0.29) is 18.6 Å². The third-order valence-electron chi connectivity index (χ3n) is 3.25. The van der Waals surface area contributed by atoms with Crippen LogP contribution in [0.2, 0.25) is 0 Å². The molecule has 0 radical (unpaired) electrons. The first-order valence-corrected chi connectivity index (χ1v) is 6.29. The summed E-state index contributed by atoms with van der Waals surface area (Å²) in [6, 6.07) is 0.0528. The normalized spacial score (nSPS) is 25.1. The molecule has 16 heavy (non-hydrogen) atoms. The van der Waals surface area contributed by atoms with E-state index in [0.717, 1.165) is 32.2 Å². The van der Waals surface area contributed by atoms with E-state index in [2.05, 4.69) is 6.92 Å². The van der Waals surface area contributed by atoms with Crippen molar-refractivity contribution in [1.82, 2.24) is 4.90 Å². The Morgan fingerprint density at radius 1 is 1.44 bits per heavy atom. The zero-order valence-electron chi connectivity index (χ0n) is 10.2. The van der Waals surface area contributed by atoms with Gasteiger partial charge in [0.25, 0.3) is 0 Å². The number of hydrogen-bond donors (Lipinski definition) is 2. The second-order valence-corrected chi connectivity index (χ2v) is 4.82. The van der Waals surface area contributed by atoms with Gasteiger partial charge in [-0.1, -0.05) is 13.3 Å². The number of aliphatic hydroxyl groups is 1. The van der Waals surface area contributed by atoms with Gasteiger partial charge in [-0.2, -0.15) is 0 Å². The molecule has 0 aliphatic carbocycles. The van der Waals surface area contributed by atoms with Crippen LogP contribution in [0.1, 0.15) is 39.0 Å². The molecular formula is C12H24N2O2. The van der Waals surface area contributed by atoms with Crippen LogP contribution in [-0.2, 0) is 4.79 Å². The molecule has 2 atom stereocenters. The maximum atomic E-state index is 11.9. The smallest absolute Gasteiger partial charge is 0.222 e. The molecule has 1 amide bonds. The van der Waals surface area contributed by atoms with Gasteiger partial charge in [0, 0.05) is 13.0 Å². The van der Waals surface area contributed by atoms with Gasteiger partial charge in [-0.05, 0) is 31.7 Å². The molecule has 1 aliphatic heterocycles. The lowest BCUT2D eigenvalue weighted by atomic mass is 10.1. The van der Waals surface area contributed by atoms with Crippen molar-refractivity contribution in [1.29, 1.82) is 0 Å². The van der Waals surface area contributed by atoms with Gasteiger partial charge in [0.15, 0.2) is 0 Å². The molecule has 0 saturated carbocycles. The molecule has 1 fully saturated rings. The summed E-state index contributed by atoms with van der Waals surface area (Å²) < 4.78 is 0. The first-order chi connectivity index (χ1) is 7.69. The number of unbranched alkanes of at least 4 members (excludes halogenated alkanes) is 2. The molecule has 4 heteroatoms. The van der Waals surface area contributed by atoms with E-state index in [1.807, 2.05) is 4.90 Å². The van der Waals surface area contributed by atoms with Gasteiger partial charge in [0.05, 0.1) is 12.6 Å². The number of hydrogen-bond acceptors (Lipinski definition) is 3. The number of nitrogens with two attached hydrogens (primary N) is 1. The van der Waals surface area contributed by atoms with Gasteiger partial charge in [0.1, 0.15) is 0 Å². The Balaban J connectivity index is 2.29. The zero-order valence-corrected chi connectivity index (χ0v) is 10.2. The Morgan fingerprint density at radius 2 is 2.19 bits per heavy atom. The Hall–Kier alpha value is -0.610. The minimum Gasteiger partial charge on any atom is -0.394 e. The van der Waals surface area contributed by atoms with Crippen LogP contribution in [-0.4, -0.2) is 41.7 Å². The summed E-state index contributed by atoms with van der Waals surface area (Å²) in [5.41, 5.74) is 5.40. The molecule has 0 aromatic carbocycles. The van der Waals surface area contributed by atoms with Gasteiger partial charge < -0.3 is 15.7 Å². The van der Waals surface area contributed by atoms with Crippen LogP contribution < -0.4 is 5.73 Å². The molecule has 0 unspecified atom stereocenters. The van der Waals surface area contributed by atoms with Gasteiger partial charge in [-0.3, -0.25) is 4.79 Å². The van der Waals surface area contributed by atoms with Crippen molar-refractivity contribution in [2.75, 3.05) is 19.7 Å². The van der Waals surface area contributed by atoms with Crippen molar-refractivity contribution < 1.29 is 9.90 Å². The van der Waals surface area contributed by atoms with Crippen molar-refractivity contribution >= 4 is 5.91 Å². The van der Waals surface area contributed by atoms with E-state index < -0.39 is 0 Å². The minimum atomic E-state index is 0.0528. The van der Waals surface area contributed by atoms with E-state index in [4.69, 9.17) is 5.73 Å². The molecule has 0 aromatic heterocycles. The number of amides is 1. The van der Waals surface area contributed by atoms with Crippen LogP contribution in [0, 0.1) is 5.92 Å². The second kappa shape index (κ2) is 6.86. The Morgan fingerprint density at radius 3 is 2.81 bits per heavy atom. The lowest BCUT2D eigenvalue weighted by Gasteiger charge is -2.23. The van der Waals surface area contributed by atoms with E-state index in [0.29, 0.717) is 18.9 Å². The Kier molecular flexibility index (Phi) is 5.77. The van der Waals surface area contributed by atoms with Crippen LogP contribution in [0.15, 0.2) is 0 Å². The SMILES string of the molecule is C[C@@H]1C[C@@H](CO)N(C(=O)CCCCCN)C1. The highest BCUT2D eigenvalue weighted by Gasteiger charge is 2.31. The van der Waals surface area contributed by atoms with Crippen molar-refractivity contribution in [2.45, 2.75) is 45.1 Å². The Labute approximate surface area is 97.8 Å². The topological polar surface area (TPSA) is 66.6 Å². The molecule has 1 heterocycles. The number of likely N-dealkylation sites (tertiary alicyclic amines) is 1. The quantitative estimate of drug-likeness (QED) is 0.659. The molecule has 0 bridgehead atoms. The summed E-state index contributed by atoms with van der Waals surface area (Å²) >= 11 is 0. The zero-order chi connectivity index (χ0) is 12.0. The standard InChI is InChI=1S/C12H24N2O2/c1-10-7-11(9-15)14(8-10)12(16)5-3-2-4-6-13/h10-11,15H,2-9,13H2,1H3/t10-,11+/m1/s1. The van der Waals surface area contributed by atoms with E-state index in [1.54, 1.807) is 0 Å². The molecule has 0 spiro atoms. The minimum absolute atomic E-state index is 0.0528. The highest BCUT2D eigenvalue weighted by Crippen LogP contribution is 2.23. The fourth-order valence-corrected chi connectivity index (χ4v) is 2.37. The van der Waals surface area contributed by atoms with Crippen LogP contribution in [0.4, 0.5) is 0 Å². The molecular weight excluding hydrogens is 204 g/mol. The molecule has 3 N–H and O–H groups in total. The average molecular weight is 228 g/mol. The van der Waals surface area contributed by atoms with Crippen molar-refractivity contribution in [2.24, 2.45) is 11.7 Å². The van der Waals surface area contributed by atoms with Crippen LogP contribution in [0.5, 0.6) is 0 Å². The van der Waals surface area contributed by atoms with Crippen LogP contribution in [0.3, 0.4) is 0 Å². The van der Waals surface area contributed by atoms with Gasteiger partial charge >= 0.3 is 0 Å². The summed E-state index contributed by atoms with van der Waals surface area (Å²) in [7, 11) is 0. The summed E-state index contributed by atoms with van der Waals surface area (Å²) in [5, 5.41) is 9.20. The van der Waals surface area contributed by atoms with E-state index in [9.17, 15) is 9.90 Å². The number of carbonyl (C=O) groups excluding carboxylic acids is 1.